The Bertz CT molecular complexity index is 1220. The zero-order valence-corrected chi connectivity index (χ0v) is 24.9. The molecule has 0 aromatic heterocycles. The van der Waals surface area contributed by atoms with Crippen LogP contribution in [-0.2, 0) is 0 Å². The molecule has 1 spiro atoms. The van der Waals surface area contributed by atoms with Gasteiger partial charge < -0.3 is 15.5 Å². The summed E-state index contributed by atoms with van der Waals surface area (Å²) in [5.41, 5.74) is 12.7. The molecule has 40 heavy (non-hydrogen) atoms. The maximum atomic E-state index is 11.5. The Morgan fingerprint density at radius 3 is 2.12 bits per heavy atom. The highest BCUT2D eigenvalue weighted by Gasteiger charge is 2.41. The highest BCUT2D eigenvalue weighted by atomic mass is 35.5. The number of amides is 1. The van der Waals surface area contributed by atoms with Gasteiger partial charge in [0.25, 0.3) is 0 Å². The fourth-order valence-corrected chi connectivity index (χ4v) is 7.90. The second-order valence-corrected chi connectivity index (χ2v) is 13.8. The minimum Gasteiger partial charge on any atom is -0.369 e. The van der Waals surface area contributed by atoms with Crippen molar-refractivity contribution in [3.8, 4) is 0 Å². The van der Waals surface area contributed by atoms with Crippen molar-refractivity contribution in [1.82, 2.24) is 9.80 Å². The van der Waals surface area contributed by atoms with Gasteiger partial charge in [-0.15, -0.1) is 0 Å². The molecule has 5 nitrogen and oxygen atoms in total. The van der Waals surface area contributed by atoms with E-state index in [9.17, 15) is 4.79 Å². The summed E-state index contributed by atoms with van der Waals surface area (Å²) in [6.07, 6.45) is 10.8. The first-order valence-corrected chi connectivity index (χ1v) is 15.7. The van der Waals surface area contributed by atoms with Gasteiger partial charge in [-0.3, -0.25) is 9.69 Å². The number of benzene rings is 2. The number of likely N-dealkylation sites (tertiary alicyclic amines) is 1. The summed E-state index contributed by atoms with van der Waals surface area (Å²) in [5.74, 6) is -0.372. The maximum Gasteiger partial charge on any atom is 0.248 e. The van der Waals surface area contributed by atoms with Crippen LogP contribution in [0.3, 0.4) is 0 Å². The molecule has 2 aromatic carbocycles. The molecule has 4 aliphatic rings. The molecule has 3 fully saturated rings. The van der Waals surface area contributed by atoms with Gasteiger partial charge in [-0.1, -0.05) is 42.7 Å². The van der Waals surface area contributed by atoms with Crippen LogP contribution in [0.1, 0.15) is 74.2 Å². The van der Waals surface area contributed by atoms with Gasteiger partial charge in [0.05, 0.1) is 0 Å². The third-order valence-corrected chi connectivity index (χ3v) is 10.7. The van der Waals surface area contributed by atoms with Crippen LogP contribution in [0, 0.1) is 10.8 Å². The van der Waals surface area contributed by atoms with Crippen molar-refractivity contribution in [2.75, 3.05) is 57.3 Å². The number of nitrogens with two attached hydrogens (primary N) is 1. The second-order valence-electron chi connectivity index (χ2n) is 13.4. The summed E-state index contributed by atoms with van der Waals surface area (Å²) >= 11 is 6.26. The first-order valence-electron chi connectivity index (χ1n) is 15.4. The lowest BCUT2D eigenvalue weighted by atomic mass is 9.63. The van der Waals surface area contributed by atoms with Crippen LogP contribution in [0.15, 0.2) is 54.1 Å². The van der Waals surface area contributed by atoms with Crippen molar-refractivity contribution in [1.29, 1.82) is 0 Å². The van der Waals surface area contributed by atoms with Gasteiger partial charge in [-0.05, 0) is 116 Å². The molecule has 2 N–H and O–H groups in total. The van der Waals surface area contributed by atoms with Crippen molar-refractivity contribution in [3.63, 3.8) is 0 Å². The second kappa shape index (κ2) is 11.5. The van der Waals surface area contributed by atoms with E-state index in [4.69, 9.17) is 17.3 Å². The van der Waals surface area contributed by atoms with Gasteiger partial charge in [-0.25, -0.2) is 0 Å². The fraction of sp³-hybridized carbons (Fsp3) is 0.559. The van der Waals surface area contributed by atoms with Gasteiger partial charge in [0, 0.05) is 55.5 Å². The van der Waals surface area contributed by atoms with E-state index in [-0.39, 0.29) is 5.91 Å². The lowest BCUT2D eigenvalue weighted by molar-refractivity contribution is 0.0156. The normalized spacial score (nSPS) is 25.7. The van der Waals surface area contributed by atoms with E-state index >= 15 is 0 Å². The van der Waals surface area contributed by atoms with E-state index in [2.05, 4.69) is 33.8 Å². The van der Waals surface area contributed by atoms with E-state index in [1.165, 1.54) is 75.8 Å². The molecule has 0 bridgehead atoms. The molecule has 1 unspecified atom stereocenters. The van der Waals surface area contributed by atoms with Crippen LogP contribution < -0.4 is 10.6 Å². The van der Waals surface area contributed by atoms with E-state index in [0.717, 1.165) is 44.2 Å². The number of rotatable bonds is 7. The van der Waals surface area contributed by atoms with E-state index in [0.29, 0.717) is 16.4 Å². The first-order chi connectivity index (χ1) is 19.3. The number of primary amides is 1. The highest BCUT2D eigenvalue weighted by molar-refractivity contribution is 6.30. The smallest absolute Gasteiger partial charge is 0.248 e. The largest absolute Gasteiger partial charge is 0.369 e. The van der Waals surface area contributed by atoms with E-state index < -0.39 is 0 Å². The number of piperidine rings is 1. The Balaban J connectivity index is 1.13. The highest BCUT2D eigenvalue weighted by Crippen LogP contribution is 2.50. The number of nitrogens with zero attached hydrogens (tertiary/aromatic N) is 3. The van der Waals surface area contributed by atoms with Gasteiger partial charge in [0.2, 0.25) is 5.91 Å². The molecule has 2 saturated heterocycles. The zero-order valence-electron chi connectivity index (χ0n) is 24.1. The quantitative estimate of drug-likeness (QED) is 0.421. The van der Waals surface area contributed by atoms with Crippen LogP contribution >= 0.6 is 11.6 Å². The molecule has 214 valence electrons. The predicted molar refractivity (Wildman–Crippen MR) is 166 cm³/mol. The van der Waals surface area contributed by atoms with Crippen LogP contribution in [0.2, 0.25) is 5.02 Å². The average Bonchev–Trinajstić information content (AvgIpc) is 2.94. The van der Waals surface area contributed by atoms with Crippen LogP contribution in [0.4, 0.5) is 5.69 Å². The Labute approximate surface area is 245 Å². The van der Waals surface area contributed by atoms with Gasteiger partial charge in [0.15, 0.2) is 0 Å². The standard InChI is InChI=1S/C34H45ClN4O/c1-33(25-38-17-15-34(16-18-38)12-2-13-34)14-11-31(26-3-7-29(35)8-4-26)28(23-33)24-37-19-21-39(22-20-37)30-9-5-27(6-10-30)32(36)40/h3-10H,2,11-25H2,1H3,(H2,36,40). The van der Waals surface area contributed by atoms with E-state index in [1.807, 2.05) is 36.4 Å². The molecule has 1 atom stereocenters. The number of hydrogen-bond donors (Lipinski definition) is 1. The van der Waals surface area contributed by atoms with Gasteiger partial charge in [-0.2, -0.15) is 0 Å². The number of carbonyl (C=O) groups excluding carboxylic acids is 1. The monoisotopic (exact) mass is 560 g/mol. The zero-order chi connectivity index (χ0) is 27.7. The van der Waals surface area contributed by atoms with E-state index in [1.54, 1.807) is 11.1 Å². The lowest BCUT2D eigenvalue weighted by Gasteiger charge is -2.50. The predicted octanol–water partition coefficient (Wildman–Crippen LogP) is 6.47. The topological polar surface area (TPSA) is 52.8 Å². The number of carbonyl (C=O) groups is 1. The minimum atomic E-state index is -0.372. The van der Waals surface area contributed by atoms with Crippen molar-refractivity contribution in [2.24, 2.45) is 16.6 Å². The number of halogens is 1. The summed E-state index contributed by atoms with van der Waals surface area (Å²) in [5, 5.41) is 0.806. The third kappa shape index (κ3) is 6.12. The molecular weight excluding hydrogens is 516 g/mol. The molecule has 2 aromatic rings. The molecule has 1 amide bonds. The Hall–Kier alpha value is -2.34. The number of hydrogen-bond acceptors (Lipinski definition) is 4. The molecule has 2 heterocycles. The number of allylic oxidation sites excluding steroid dienone is 1. The minimum absolute atomic E-state index is 0.333. The SMILES string of the molecule is CC1(CN2CCC3(CCC3)CC2)CCC(c2ccc(Cl)cc2)=C(CN2CCN(c3ccc(C(N)=O)cc3)CC2)C1. The molecule has 6 heteroatoms. The van der Waals surface area contributed by atoms with Crippen LogP contribution in [-0.4, -0.2) is 68.1 Å². The third-order valence-electron chi connectivity index (χ3n) is 10.5. The summed E-state index contributed by atoms with van der Waals surface area (Å²) in [6, 6.07) is 16.2. The molecule has 6 rings (SSSR count). The Morgan fingerprint density at radius 2 is 1.52 bits per heavy atom. The molecule has 0 radical (unpaired) electrons. The number of anilines is 1. The molecule has 1 saturated carbocycles. The first kappa shape index (κ1) is 27.8. The molecular formula is C34H45ClN4O. The lowest BCUT2D eigenvalue weighted by Crippen LogP contribution is -2.48. The summed E-state index contributed by atoms with van der Waals surface area (Å²) in [4.78, 5) is 19.3. The average molecular weight is 561 g/mol. The summed E-state index contributed by atoms with van der Waals surface area (Å²) in [7, 11) is 0. The number of piperazine rings is 1. The Morgan fingerprint density at radius 1 is 0.850 bits per heavy atom. The Kier molecular flexibility index (Phi) is 8.00. The fourth-order valence-electron chi connectivity index (χ4n) is 7.77. The van der Waals surface area contributed by atoms with Crippen molar-refractivity contribution >= 4 is 28.8 Å². The summed E-state index contributed by atoms with van der Waals surface area (Å²) in [6.45, 7) is 11.5. The van der Waals surface area contributed by atoms with Crippen molar-refractivity contribution in [3.05, 3.63) is 70.3 Å². The van der Waals surface area contributed by atoms with Gasteiger partial charge in [0.1, 0.15) is 0 Å². The van der Waals surface area contributed by atoms with Crippen molar-refractivity contribution < 1.29 is 4.79 Å². The maximum absolute atomic E-state index is 11.5. The summed E-state index contributed by atoms with van der Waals surface area (Å²) < 4.78 is 0. The van der Waals surface area contributed by atoms with Crippen LogP contribution in [0.5, 0.6) is 0 Å². The van der Waals surface area contributed by atoms with Crippen LogP contribution in [0.25, 0.3) is 5.57 Å². The molecule has 2 aliphatic heterocycles. The molecule has 2 aliphatic carbocycles. The van der Waals surface area contributed by atoms with Crippen molar-refractivity contribution in [2.45, 2.75) is 58.3 Å². The van der Waals surface area contributed by atoms with Gasteiger partial charge >= 0.3 is 0 Å².